The summed E-state index contributed by atoms with van der Waals surface area (Å²) in [7, 11) is 0. The van der Waals surface area contributed by atoms with Gasteiger partial charge in [-0.3, -0.25) is 9.78 Å². The number of ether oxygens (including phenoxy) is 1. The molecule has 2 heterocycles. The highest BCUT2D eigenvalue weighted by molar-refractivity contribution is 5.70. The molecule has 8 nitrogen and oxygen atoms in total. The van der Waals surface area contributed by atoms with Gasteiger partial charge in [-0.1, -0.05) is 0 Å². The Balaban J connectivity index is 2.11. The Morgan fingerprint density at radius 3 is 3.11 bits per heavy atom. The van der Waals surface area contributed by atoms with Gasteiger partial charge in [0.05, 0.1) is 19.5 Å². The summed E-state index contributed by atoms with van der Waals surface area (Å²) >= 11 is 0. The average molecular weight is 271 g/mol. The van der Waals surface area contributed by atoms with Gasteiger partial charge in [-0.25, -0.2) is 9.37 Å². The molecule has 2 aromatic heterocycles. The van der Waals surface area contributed by atoms with Gasteiger partial charge < -0.3 is 20.1 Å². The van der Waals surface area contributed by atoms with E-state index in [4.69, 9.17) is 15.6 Å². The van der Waals surface area contributed by atoms with Crippen molar-refractivity contribution in [1.29, 1.82) is 0 Å². The normalized spacial score (nSPS) is 12.9. The van der Waals surface area contributed by atoms with Gasteiger partial charge in [-0.2, -0.15) is 4.98 Å². The molecule has 0 saturated heterocycles. The Hall–Kier alpha value is -2.00. The number of alkyl halides is 1. The fourth-order valence-electron chi connectivity index (χ4n) is 1.60. The zero-order chi connectivity index (χ0) is 13.8. The first-order valence-electron chi connectivity index (χ1n) is 5.64. The number of imidazole rings is 1. The molecule has 0 aliphatic carbocycles. The summed E-state index contributed by atoms with van der Waals surface area (Å²) in [5, 5.41) is 8.77. The zero-order valence-corrected chi connectivity index (χ0v) is 10.0. The maximum atomic E-state index is 12.3. The minimum Gasteiger partial charge on any atom is -0.394 e. The minimum atomic E-state index is -0.837. The number of fused-ring (bicyclic) bond motifs is 1. The molecule has 4 N–H and O–H groups in total. The van der Waals surface area contributed by atoms with Crippen LogP contribution in [0.4, 0.5) is 10.3 Å². The molecule has 0 aliphatic heterocycles. The molecule has 0 spiro atoms. The van der Waals surface area contributed by atoms with Crippen molar-refractivity contribution >= 4 is 17.1 Å². The minimum absolute atomic E-state index is 0.00263. The number of halogens is 1. The molecular weight excluding hydrogens is 257 g/mol. The average Bonchev–Trinajstić information content (AvgIpc) is 2.78. The van der Waals surface area contributed by atoms with Crippen LogP contribution in [0.2, 0.25) is 0 Å². The molecule has 0 bridgehead atoms. The number of hydrogen-bond donors (Lipinski definition) is 3. The van der Waals surface area contributed by atoms with Crippen molar-refractivity contribution in [2.24, 2.45) is 0 Å². The number of nitrogen functional groups attached to an aromatic ring is 1. The van der Waals surface area contributed by atoms with Crippen LogP contribution in [-0.4, -0.2) is 50.6 Å². The molecular formula is C10H14FN5O3. The predicted molar refractivity (Wildman–Crippen MR) is 65.4 cm³/mol. The molecule has 1 unspecified atom stereocenters. The summed E-state index contributed by atoms with van der Waals surface area (Å²) in [5.74, 6) is -0.00263. The molecule has 0 fully saturated rings. The van der Waals surface area contributed by atoms with Crippen LogP contribution in [0.15, 0.2) is 11.1 Å². The summed E-state index contributed by atoms with van der Waals surface area (Å²) in [6.45, 7) is -0.657. The smallest absolute Gasteiger partial charge is 0.280 e. The van der Waals surface area contributed by atoms with E-state index in [0.29, 0.717) is 12.2 Å². The van der Waals surface area contributed by atoms with E-state index in [1.165, 1.54) is 6.33 Å². The summed E-state index contributed by atoms with van der Waals surface area (Å²) in [5.41, 5.74) is 5.55. The van der Waals surface area contributed by atoms with Gasteiger partial charge in [0.15, 0.2) is 11.2 Å². The predicted octanol–water partition coefficient (Wildman–Crippen LogP) is -0.951. The number of nitrogens with one attached hydrogen (secondary N) is 1. The van der Waals surface area contributed by atoms with Crippen molar-refractivity contribution in [1.82, 2.24) is 19.5 Å². The van der Waals surface area contributed by atoms with Crippen molar-refractivity contribution in [3.63, 3.8) is 0 Å². The highest BCUT2D eigenvalue weighted by atomic mass is 19.1. The van der Waals surface area contributed by atoms with Crippen molar-refractivity contribution in [3.05, 3.63) is 16.7 Å². The Morgan fingerprint density at radius 2 is 2.42 bits per heavy atom. The number of nitrogens with zero attached hydrogens (tertiary/aromatic N) is 3. The van der Waals surface area contributed by atoms with Gasteiger partial charge >= 0.3 is 0 Å². The number of rotatable bonds is 6. The summed E-state index contributed by atoms with van der Waals surface area (Å²) in [6.07, 6.45) is 0.593. The Bertz CT molecular complexity index is 607. The second kappa shape index (κ2) is 5.76. The number of aromatic amines is 1. The molecule has 2 aromatic rings. The first kappa shape index (κ1) is 13.4. The second-order valence-corrected chi connectivity index (χ2v) is 3.89. The van der Waals surface area contributed by atoms with Crippen molar-refractivity contribution in [3.8, 4) is 0 Å². The molecule has 1 atom stereocenters. The first-order valence-corrected chi connectivity index (χ1v) is 5.64. The number of aliphatic hydroxyl groups is 1. The highest BCUT2D eigenvalue weighted by Gasteiger charge is 2.10. The van der Waals surface area contributed by atoms with Gasteiger partial charge in [0.25, 0.3) is 5.56 Å². The monoisotopic (exact) mass is 271 g/mol. The summed E-state index contributed by atoms with van der Waals surface area (Å²) < 4.78 is 19.0. The molecule has 0 aliphatic rings. The quantitative estimate of drug-likeness (QED) is 0.623. The third-order valence-corrected chi connectivity index (χ3v) is 2.55. The first-order chi connectivity index (χ1) is 9.15. The van der Waals surface area contributed by atoms with E-state index in [1.54, 1.807) is 4.57 Å². The lowest BCUT2D eigenvalue weighted by molar-refractivity contribution is -0.00398. The van der Waals surface area contributed by atoms with Crippen LogP contribution in [0.3, 0.4) is 0 Å². The van der Waals surface area contributed by atoms with Crippen LogP contribution in [0.1, 0.15) is 0 Å². The molecule has 0 amide bonds. The number of nitrogens with two attached hydrogens (primary N) is 1. The van der Waals surface area contributed by atoms with Crippen LogP contribution in [-0.2, 0) is 11.3 Å². The lowest BCUT2D eigenvalue weighted by Crippen LogP contribution is -2.22. The van der Waals surface area contributed by atoms with Crippen molar-refractivity contribution in [2.45, 2.75) is 12.6 Å². The number of aromatic nitrogens is 4. The fraction of sp³-hybridized carbons (Fsp3) is 0.500. The third kappa shape index (κ3) is 2.88. The third-order valence-electron chi connectivity index (χ3n) is 2.55. The maximum Gasteiger partial charge on any atom is 0.280 e. The van der Waals surface area contributed by atoms with E-state index in [9.17, 15) is 9.18 Å². The van der Waals surface area contributed by atoms with E-state index >= 15 is 0 Å². The van der Waals surface area contributed by atoms with Gasteiger partial charge in [-0.15, -0.1) is 0 Å². The highest BCUT2D eigenvalue weighted by Crippen LogP contribution is 2.06. The Kier molecular flexibility index (Phi) is 4.07. The molecule has 2 rings (SSSR count). The number of aliphatic hydroxyl groups excluding tert-OH is 1. The lowest BCUT2D eigenvalue weighted by atomic mass is 10.4. The number of H-pyrrole nitrogens is 1. The van der Waals surface area contributed by atoms with Gasteiger partial charge in [0.2, 0.25) is 5.95 Å². The lowest BCUT2D eigenvalue weighted by Gasteiger charge is -2.11. The van der Waals surface area contributed by atoms with Gasteiger partial charge in [0, 0.05) is 6.54 Å². The molecule has 0 saturated carbocycles. The molecule has 19 heavy (non-hydrogen) atoms. The molecule has 0 radical (unpaired) electrons. The Morgan fingerprint density at radius 1 is 1.63 bits per heavy atom. The van der Waals surface area contributed by atoms with Gasteiger partial charge in [-0.05, 0) is 0 Å². The Labute approximate surface area is 107 Å². The summed E-state index contributed by atoms with van der Waals surface area (Å²) in [6, 6.07) is 0. The van der Waals surface area contributed by atoms with Crippen molar-refractivity contribution in [2.75, 3.05) is 25.6 Å². The van der Waals surface area contributed by atoms with Crippen molar-refractivity contribution < 1.29 is 14.2 Å². The second-order valence-electron chi connectivity index (χ2n) is 3.89. The molecule has 104 valence electrons. The summed E-state index contributed by atoms with van der Waals surface area (Å²) in [4.78, 5) is 21.8. The topological polar surface area (TPSA) is 119 Å². The van der Waals surface area contributed by atoms with Crippen LogP contribution >= 0.6 is 0 Å². The van der Waals surface area contributed by atoms with Crippen LogP contribution in [0.25, 0.3) is 11.2 Å². The SMILES string of the molecule is Nc1nc2c(ncn2CCOC(CO)CF)c(=O)[nH]1. The zero-order valence-electron chi connectivity index (χ0n) is 10.0. The van der Waals surface area contributed by atoms with Gasteiger partial charge in [0.1, 0.15) is 12.8 Å². The maximum absolute atomic E-state index is 12.3. The van der Waals surface area contributed by atoms with E-state index in [-0.39, 0.29) is 24.7 Å². The van der Waals surface area contributed by atoms with Crippen LogP contribution in [0, 0.1) is 0 Å². The number of anilines is 1. The number of hydrogen-bond acceptors (Lipinski definition) is 6. The standard InChI is InChI=1S/C10H14FN5O3/c11-3-6(4-17)19-2-1-16-5-13-7-8(16)14-10(12)15-9(7)18/h5-6,17H,1-4H2,(H3,12,14,15,18). The van der Waals surface area contributed by atoms with E-state index in [0.717, 1.165) is 0 Å². The van der Waals surface area contributed by atoms with E-state index < -0.39 is 18.3 Å². The van der Waals surface area contributed by atoms with E-state index in [1.807, 2.05) is 0 Å². The van der Waals surface area contributed by atoms with E-state index in [2.05, 4.69) is 15.0 Å². The molecule has 0 aromatic carbocycles. The van der Waals surface area contributed by atoms with Crippen LogP contribution < -0.4 is 11.3 Å². The molecule has 9 heteroatoms. The van der Waals surface area contributed by atoms with Crippen LogP contribution in [0.5, 0.6) is 0 Å². The largest absolute Gasteiger partial charge is 0.394 e. The fourth-order valence-corrected chi connectivity index (χ4v) is 1.60.